The van der Waals surface area contributed by atoms with E-state index in [0.717, 1.165) is 29.2 Å². The molecule has 1 atom stereocenters. The minimum absolute atomic E-state index is 0.0700. The first-order chi connectivity index (χ1) is 10.1. The van der Waals surface area contributed by atoms with Crippen molar-refractivity contribution >= 4 is 17.0 Å². The molecule has 1 aromatic heterocycles. The van der Waals surface area contributed by atoms with Gasteiger partial charge in [-0.3, -0.25) is 10.1 Å². The van der Waals surface area contributed by atoms with Crippen LogP contribution in [0, 0.1) is 10.1 Å². The second kappa shape index (κ2) is 7.26. The number of nitro groups is 1. The van der Waals surface area contributed by atoms with Gasteiger partial charge in [0.1, 0.15) is 0 Å². The van der Waals surface area contributed by atoms with Crippen LogP contribution in [0.2, 0.25) is 0 Å². The lowest BCUT2D eigenvalue weighted by atomic mass is 10.1. The monoisotopic (exact) mass is 307 g/mol. The summed E-state index contributed by atoms with van der Waals surface area (Å²) in [4.78, 5) is 14.9. The summed E-state index contributed by atoms with van der Waals surface area (Å²) in [6.45, 7) is 3.03. The van der Waals surface area contributed by atoms with Crippen molar-refractivity contribution in [3.05, 3.63) is 44.8 Å². The van der Waals surface area contributed by atoms with Gasteiger partial charge >= 0.3 is 0 Å². The normalized spacial score (nSPS) is 12.3. The third-order valence-corrected chi connectivity index (χ3v) is 3.77. The molecule has 112 valence electrons. The summed E-state index contributed by atoms with van der Waals surface area (Å²) >= 11 is 1.53. The van der Waals surface area contributed by atoms with Crippen LogP contribution in [-0.4, -0.2) is 34.2 Å². The predicted octanol–water partition coefficient (Wildman–Crippen LogP) is 2.23. The molecule has 0 aliphatic carbocycles. The summed E-state index contributed by atoms with van der Waals surface area (Å²) in [5.41, 5.74) is 1.58. The Morgan fingerprint density at radius 1 is 1.52 bits per heavy atom. The molecule has 0 amide bonds. The zero-order chi connectivity index (χ0) is 15.2. The molecule has 0 spiro atoms. The minimum atomic E-state index is -0.406. The highest BCUT2D eigenvalue weighted by molar-refractivity contribution is 7.09. The van der Waals surface area contributed by atoms with Crippen molar-refractivity contribution in [1.29, 1.82) is 0 Å². The van der Waals surface area contributed by atoms with Gasteiger partial charge in [-0.05, 0) is 6.92 Å². The van der Waals surface area contributed by atoms with E-state index in [-0.39, 0.29) is 11.8 Å². The number of hydrogen-bond donors (Lipinski definition) is 2. The Morgan fingerprint density at radius 2 is 2.33 bits per heavy atom. The van der Waals surface area contributed by atoms with E-state index in [2.05, 4.69) is 10.3 Å². The zero-order valence-electron chi connectivity index (χ0n) is 11.7. The Kier molecular flexibility index (Phi) is 5.38. The summed E-state index contributed by atoms with van der Waals surface area (Å²) in [5.74, 6) is 0. The summed E-state index contributed by atoms with van der Waals surface area (Å²) < 4.78 is 0. The van der Waals surface area contributed by atoms with Gasteiger partial charge in [0.15, 0.2) is 0 Å². The molecular weight excluding hydrogens is 290 g/mol. The van der Waals surface area contributed by atoms with Gasteiger partial charge in [0, 0.05) is 42.6 Å². The highest BCUT2D eigenvalue weighted by Crippen LogP contribution is 2.25. The summed E-state index contributed by atoms with van der Waals surface area (Å²) in [7, 11) is 0. The summed E-state index contributed by atoms with van der Waals surface area (Å²) in [5, 5.41) is 25.9. The number of aromatic nitrogens is 1. The second-order valence-electron chi connectivity index (χ2n) is 4.74. The first kappa shape index (κ1) is 15.6. The van der Waals surface area contributed by atoms with Crippen LogP contribution in [-0.2, 0) is 6.42 Å². The van der Waals surface area contributed by atoms with E-state index in [1.165, 1.54) is 23.5 Å². The number of hydrogen-bond acceptors (Lipinski definition) is 6. The van der Waals surface area contributed by atoms with Gasteiger partial charge in [-0.25, -0.2) is 4.98 Å². The van der Waals surface area contributed by atoms with E-state index in [1.807, 2.05) is 11.4 Å². The fraction of sp³-hybridized carbons (Fsp3) is 0.357. The molecule has 0 aliphatic rings. The average molecular weight is 307 g/mol. The van der Waals surface area contributed by atoms with E-state index in [4.69, 9.17) is 5.11 Å². The molecule has 0 saturated heterocycles. The fourth-order valence-corrected chi connectivity index (χ4v) is 2.65. The number of thiazole rings is 1. The van der Waals surface area contributed by atoms with Crippen LogP contribution in [0.1, 0.15) is 11.9 Å². The molecule has 2 N–H and O–H groups in total. The molecule has 0 aliphatic heterocycles. The van der Waals surface area contributed by atoms with E-state index < -0.39 is 4.92 Å². The number of nitrogens with one attached hydrogen (secondary N) is 1. The van der Waals surface area contributed by atoms with Crippen molar-refractivity contribution in [1.82, 2.24) is 10.3 Å². The molecule has 0 fully saturated rings. The molecule has 0 saturated carbocycles. The molecule has 21 heavy (non-hydrogen) atoms. The van der Waals surface area contributed by atoms with Gasteiger partial charge in [0.25, 0.3) is 5.69 Å². The Bertz CT molecular complexity index is 613. The Labute approximate surface area is 126 Å². The van der Waals surface area contributed by atoms with Gasteiger partial charge in [-0.1, -0.05) is 12.1 Å². The number of nitro benzene ring substituents is 1. The molecule has 1 aromatic carbocycles. The third-order valence-electron chi connectivity index (χ3n) is 2.86. The van der Waals surface area contributed by atoms with Crippen molar-refractivity contribution in [2.24, 2.45) is 0 Å². The molecule has 7 heteroatoms. The molecule has 0 radical (unpaired) electrons. The van der Waals surface area contributed by atoms with Crippen LogP contribution >= 0.6 is 11.3 Å². The Balaban J connectivity index is 1.99. The van der Waals surface area contributed by atoms with Crippen LogP contribution < -0.4 is 5.32 Å². The van der Waals surface area contributed by atoms with Gasteiger partial charge in [-0.2, -0.15) is 0 Å². The van der Waals surface area contributed by atoms with Crippen molar-refractivity contribution in [2.75, 3.05) is 13.1 Å². The van der Waals surface area contributed by atoms with Gasteiger partial charge in [-0.15, -0.1) is 11.3 Å². The van der Waals surface area contributed by atoms with Crippen LogP contribution in [0.25, 0.3) is 11.3 Å². The molecule has 2 aromatic rings. The topological polar surface area (TPSA) is 88.3 Å². The van der Waals surface area contributed by atoms with Crippen LogP contribution in [0.3, 0.4) is 0 Å². The zero-order valence-corrected chi connectivity index (χ0v) is 12.5. The maximum absolute atomic E-state index is 10.8. The molecular formula is C14H17N3O3S. The summed E-state index contributed by atoms with van der Waals surface area (Å²) in [6.07, 6.45) is 0.411. The van der Waals surface area contributed by atoms with Gasteiger partial charge in [0.05, 0.1) is 21.7 Å². The number of aliphatic hydroxyl groups is 1. The Morgan fingerprint density at radius 3 is 3.05 bits per heavy atom. The molecule has 1 heterocycles. The van der Waals surface area contributed by atoms with Gasteiger partial charge < -0.3 is 10.4 Å². The fourth-order valence-electron chi connectivity index (χ4n) is 1.84. The lowest BCUT2D eigenvalue weighted by molar-refractivity contribution is -0.384. The Hall–Kier alpha value is -1.83. The van der Waals surface area contributed by atoms with E-state index in [1.54, 1.807) is 13.0 Å². The number of nitrogens with zero attached hydrogens (tertiary/aromatic N) is 2. The first-order valence-electron chi connectivity index (χ1n) is 6.64. The van der Waals surface area contributed by atoms with Crippen molar-refractivity contribution < 1.29 is 10.0 Å². The minimum Gasteiger partial charge on any atom is -0.392 e. The molecule has 1 unspecified atom stereocenters. The standard InChI is InChI=1S/C14H17N3O3S/c1-10(18)8-15-6-5-14-16-13(9-21-14)11-3-2-4-12(7-11)17(19)20/h2-4,7,9-10,15,18H,5-6,8H2,1H3. The molecule has 6 nitrogen and oxygen atoms in total. The van der Waals surface area contributed by atoms with Crippen molar-refractivity contribution in [3.8, 4) is 11.3 Å². The lowest BCUT2D eigenvalue weighted by Gasteiger charge is -2.04. The predicted molar refractivity (Wildman–Crippen MR) is 82.5 cm³/mol. The highest BCUT2D eigenvalue weighted by Gasteiger charge is 2.09. The van der Waals surface area contributed by atoms with Crippen LogP contribution in [0.15, 0.2) is 29.6 Å². The second-order valence-corrected chi connectivity index (χ2v) is 5.68. The molecule has 0 bridgehead atoms. The largest absolute Gasteiger partial charge is 0.392 e. The number of benzene rings is 1. The lowest BCUT2D eigenvalue weighted by Crippen LogP contribution is -2.26. The van der Waals surface area contributed by atoms with E-state index in [9.17, 15) is 10.1 Å². The smallest absolute Gasteiger partial charge is 0.270 e. The van der Waals surface area contributed by atoms with Crippen LogP contribution in [0.4, 0.5) is 5.69 Å². The van der Waals surface area contributed by atoms with E-state index in [0.29, 0.717) is 6.54 Å². The van der Waals surface area contributed by atoms with Gasteiger partial charge in [0.2, 0.25) is 0 Å². The maximum Gasteiger partial charge on any atom is 0.270 e. The first-order valence-corrected chi connectivity index (χ1v) is 7.52. The number of rotatable bonds is 7. The number of aliphatic hydroxyl groups excluding tert-OH is 1. The highest BCUT2D eigenvalue weighted by atomic mass is 32.1. The maximum atomic E-state index is 10.8. The van der Waals surface area contributed by atoms with Crippen molar-refractivity contribution in [3.63, 3.8) is 0 Å². The van der Waals surface area contributed by atoms with Crippen molar-refractivity contribution in [2.45, 2.75) is 19.4 Å². The summed E-state index contributed by atoms with van der Waals surface area (Å²) in [6, 6.07) is 6.48. The van der Waals surface area contributed by atoms with Crippen LogP contribution in [0.5, 0.6) is 0 Å². The van der Waals surface area contributed by atoms with E-state index >= 15 is 0 Å². The SMILES string of the molecule is CC(O)CNCCc1nc(-c2cccc([N+](=O)[O-])c2)cs1. The average Bonchev–Trinajstić information content (AvgIpc) is 2.92. The third kappa shape index (κ3) is 4.59. The molecule has 2 rings (SSSR count). The number of non-ortho nitro benzene ring substituents is 1. The quantitative estimate of drug-likeness (QED) is 0.465.